The van der Waals surface area contributed by atoms with E-state index in [1.165, 1.54) is 18.2 Å². The van der Waals surface area contributed by atoms with E-state index in [9.17, 15) is 8.42 Å². The zero-order valence-electron chi connectivity index (χ0n) is 10.4. The van der Waals surface area contributed by atoms with E-state index in [0.717, 1.165) is 25.7 Å². The van der Waals surface area contributed by atoms with Crippen molar-refractivity contribution < 1.29 is 8.42 Å². The average molecular weight is 291 g/mol. The molecule has 0 aliphatic rings. The zero-order chi connectivity index (χ0) is 13.6. The predicted octanol–water partition coefficient (Wildman–Crippen LogP) is 2.78. The van der Waals surface area contributed by atoms with Crippen LogP contribution in [0.25, 0.3) is 0 Å². The SMILES string of the molecule is CCCCCCNS(=O)(=O)c1ccc(N)cc1Cl. The van der Waals surface area contributed by atoms with Gasteiger partial charge in [-0.15, -0.1) is 0 Å². The number of sulfonamides is 1. The maximum Gasteiger partial charge on any atom is 0.242 e. The Balaban J connectivity index is 2.63. The van der Waals surface area contributed by atoms with Gasteiger partial charge in [-0.2, -0.15) is 0 Å². The molecule has 0 saturated carbocycles. The summed E-state index contributed by atoms with van der Waals surface area (Å²) in [5, 5.41) is 0.149. The molecule has 0 aliphatic heterocycles. The van der Waals surface area contributed by atoms with Gasteiger partial charge in [0.2, 0.25) is 10.0 Å². The van der Waals surface area contributed by atoms with Crippen LogP contribution in [-0.4, -0.2) is 15.0 Å². The number of rotatable bonds is 7. The molecule has 102 valence electrons. The summed E-state index contributed by atoms with van der Waals surface area (Å²) in [6, 6.07) is 4.39. The molecule has 0 aromatic heterocycles. The minimum absolute atomic E-state index is 0.0776. The van der Waals surface area contributed by atoms with Gasteiger partial charge in [0, 0.05) is 12.2 Å². The van der Waals surface area contributed by atoms with Crippen LogP contribution >= 0.6 is 11.6 Å². The number of halogens is 1. The third kappa shape index (κ3) is 4.48. The van der Waals surface area contributed by atoms with Crippen LogP contribution in [0.2, 0.25) is 5.02 Å². The van der Waals surface area contributed by atoms with Crippen LogP contribution in [0, 0.1) is 0 Å². The highest BCUT2D eigenvalue weighted by atomic mass is 35.5. The second kappa shape index (κ2) is 6.97. The van der Waals surface area contributed by atoms with E-state index in [4.69, 9.17) is 17.3 Å². The second-order valence-electron chi connectivity index (χ2n) is 4.15. The number of anilines is 1. The normalized spacial score (nSPS) is 11.7. The molecule has 1 rings (SSSR count). The first-order valence-electron chi connectivity index (χ1n) is 6.02. The fourth-order valence-electron chi connectivity index (χ4n) is 1.57. The molecular weight excluding hydrogens is 272 g/mol. The molecule has 0 fully saturated rings. The van der Waals surface area contributed by atoms with Crippen LogP contribution in [0.1, 0.15) is 32.6 Å². The Morgan fingerprint density at radius 3 is 2.61 bits per heavy atom. The smallest absolute Gasteiger partial charge is 0.242 e. The standard InChI is InChI=1S/C12H19ClN2O2S/c1-2-3-4-5-8-15-18(16,17)12-7-6-10(14)9-11(12)13/h6-7,9,15H,2-5,8,14H2,1H3. The third-order valence-corrected chi connectivity index (χ3v) is 4.51. The van der Waals surface area contributed by atoms with Gasteiger partial charge in [0.25, 0.3) is 0 Å². The lowest BCUT2D eigenvalue weighted by molar-refractivity contribution is 0.573. The summed E-state index contributed by atoms with van der Waals surface area (Å²) in [4.78, 5) is 0.0776. The van der Waals surface area contributed by atoms with Crippen molar-refractivity contribution in [2.75, 3.05) is 12.3 Å². The fraction of sp³-hybridized carbons (Fsp3) is 0.500. The van der Waals surface area contributed by atoms with Crippen molar-refractivity contribution >= 4 is 27.3 Å². The van der Waals surface area contributed by atoms with Gasteiger partial charge in [0.1, 0.15) is 4.90 Å². The van der Waals surface area contributed by atoms with Crippen molar-refractivity contribution in [3.63, 3.8) is 0 Å². The van der Waals surface area contributed by atoms with E-state index in [1.54, 1.807) is 0 Å². The fourth-order valence-corrected chi connectivity index (χ4v) is 3.20. The lowest BCUT2D eigenvalue weighted by Crippen LogP contribution is -2.25. The summed E-state index contributed by atoms with van der Waals surface area (Å²) >= 11 is 5.88. The summed E-state index contributed by atoms with van der Waals surface area (Å²) in [7, 11) is -3.53. The van der Waals surface area contributed by atoms with Gasteiger partial charge in [0.15, 0.2) is 0 Å². The summed E-state index contributed by atoms with van der Waals surface area (Å²) in [6.07, 6.45) is 4.09. The van der Waals surface area contributed by atoms with E-state index < -0.39 is 10.0 Å². The van der Waals surface area contributed by atoms with Crippen molar-refractivity contribution in [2.45, 2.75) is 37.5 Å². The molecule has 0 saturated heterocycles. The number of nitrogens with two attached hydrogens (primary N) is 1. The third-order valence-electron chi connectivity index (χ3n) is 2.57. The molecule has 6 heteroatoms. The summed E-state index contributed by atoms with van der Waals surface area (Å²) in [5.41, 5.74) is 5.97. The van der Waals surface area contributed by atoms with E-state index in [-0.39, 0.29) is 9.92 Å². The van der Waals surface area contributed by atoms with Gasteiger partial charge < -0.3 is 5.73 Å². The summed E-state index contributed by atoms with van der Waals surface area (Å²) in [5.74, 6) is 0. The van der Waals surface area contributed by atoms with Gasteiger partial charge in [-0.05, 0) is 24.6 Å². The molecule has 1 aromatic rings. The van der Waals surface area contributed by atoms with Gasteiger partial charge >= 0.3 is 0 Å². The molecule has 4 nitrogen and oxygen atoms in total. The molecular formula is C12H19ClN2O2S. The van der Waals surface area contributed by atoms with Gasteiger partial charge in [-0.1, -0.05) is 37.8 Å². The maximum absolute atomic E-state index is 12.0. The number of nitrogens with one attached hydrogen (secondary N) is 1. The first-order valence-corrected chi connectivity index (χ1v) is 7.88. The van der Waals surface area contributed by atoms with E-state index in [1.807, 2.05) is 0 Å². The zero-order valence-corrected chi connectivity index (χ0v) is 12.0. The van der Waals surface area contributed by atoms with Crippen LogP contribution in [0.5, 0.6) is 0 Å². The molecule has 3 N–H and O–H groups in total. The van der Waals surface area contributed by atoms with Crippen molar-refractivity contribution in [2.24, 2.45) is 0 Å². The highest BCUT2D eigenvalue weighted by Crippen LogP contribution is 2.23. The van der Waals surface area contributed by atoms with Gasteiger partial charge in [0.05, 0.1) is 5.02 Å². The lowest BCUT2D eigenvalue weighted by Gasteiger charge is -2.08. The minimum Gasteiger partial charge on any atom is -0.399 e. The highest BCUT2D eigenvalue weighted by molar-refractivity contribution is 7.89. The first-order chi connectivity index (χ1) is 8.47. The summed E-state index contributed by atoms with van der Waals surface area (Å²) < 4.78 is 26.5. The van der Waals surface area contributed by atoms with Crippen molar-refractivity contribution in [1.29, 1.82) is 0 Å². The molecule has 0 aliphatic carbocycles. The Kier molecular flexibility index (Phi) is 5.91. The molecule has 18 heavy (non-hydrogen) atoms. The lowest BCUT2D eigenvalue weighted by atomic mass is 10.2. The van der Waals surface area contributed by atoms with Crippen LogP contribution < -0.4 is 10.5 Å². The molecule has 0 spiro atoms. The first kappa shape index (κ1) is 15.3. The highest BCUT2D eigenvalue weighted by Gasteiger charge is 2.16. The van der Waals surface area contributed by atoms with Crippen LogP contribution in [0.15, 0.2) is 23.1 Å². The number of unbranched alkanes of at least 4 members (excludes halogenated alkanes) is 3. The molecule has 1 aromatic carbocycles. The Labute approximate surface area is 114 Å². The molecule has 0 radical (unpaired) electrons. The van der Waals surface area contributed by atoms with Crippen molar-refractivity contribution in [3.8, 4) is 0 Å². The quantitative estimate of drug-likeness (QED) is 0.599. The van der Waals surface area contributed by atoms with Crippen LogP contribution in [-0.2, 0) is 10.0 Å². The molecule has 0 bridgehead atoms. The number of hydrogen-bond donors (Lipinski definition) is 2. The number of hydrogen-bond acceptors (Lipinski definition) is 3. The predicted molar refractivity (Wildman–Crippen MR) is 75.2 cm³/mol. The van der Waals surface area contributed by atoms with E-state index >= 15 is 0 Å². The molecule has 0 unspecified atom stereocenters. The monoisotopic (exact) mass is 290 g/mol. The van der Waals surface area contributed by atoms with E-state index in [2.05, 4.69) is 11.6 Å². The minimum atomic E-state index is -3.53. The molecule has 0 heterocycles. The van der Waals surface area contributed by atoms with E-state index in [0.29, 0.717) is 12.2 Å². The second-order valence-corrected chi connectivity index (χ2v) is 6.29. The molecule has 0 amide bonds. The van der Waals surface area contributed by atoms with Crippen LogP contribution in [0.3, 0.4) is 0 Å². The Bertz CT molecular complexity index is 489. The Hall–Kier alpha value is -0.780. The largest absolute Gasteiger partial charge is 0.399 e. The average Bonchev–Trinajstić information content (AvgIpc) is 2.28. The number of nitrogen functional groups attached to an aromatic ring is 1. The van der Waals surface area contributed by atoms with Gasteiger partial charge in [-0.25, -0.2) is 13.1 Å². The van der Waals surface area contributed by atoms with Gasteiger partial charge in [-0.3, -0.25) is 0 Å². The Morgan fingerprint density at radius 2 is 2.00 bits per heavy atom. The summed E-state index contributed by atoms with van der Waals surface area (Å²) in [6.45, 7) is 2.54. The topological polar surface area (TPSA) is 72.2 Å². The maximum atomic E-state index is 12.0. The van der Waals surface area contributed by atoms with Crippen LogP contribution in [0.4, 0.5) is 5.69 Å². The molecule has 0 atom stereocenters. The Morgan fingerprint density at radius 1 is 1.28 bits per heavy atom. The van der Waals surface area contributed by atoms with Crippen molar-refractivity contribution in [3.05, 3.63) is 23.2 Å². The van der Waals surface area contributed by atoms with Crippen molar-refractivity contribution in [1.82, 2.24) is 4.72 Å². The number of benzene rings is 1.